The van der Waals surface area contributed by atoms with E-state index in [0.717, 1.165) is 6.54 Å². The summed E-state index contributed by atoms with van der Waals surface area (Å²) < 4.78 is 0. The van der Waals surface area contributed by atoms with E-state index >= 15 is 0 Å². The van der Waals surface area contributed by atoms with Gasteiger partial charge in [0.2, 0.25) is 0 Å². The summed E-state index contributed by atoms with van der Waals surface area (Å²) in [5.74, 6) is 0.680. The lowest BCUT2D eigenvalue weighted by molar-refractivity contribution is 0.334. The first kappa shape index (κ1) is 12.7. The zero-order chi connectivity index (χ0) is 13.1. The maximum Gasteiger partial charge on any atom is 0.0136 e. The number of hydrogen-bond acceptors (Lipinski definition) is 1. The first-order valence-electron chi connectivity index (χ1n) is 7.61. The molecule has 0 heterocycles. The predicted octanol–water partition coefficient (Wildman–Crippen LogP) is 4.48. The molecular formula is C18H23N. The van der Waals surface area contributed by atoms with E-state index in [9.17, 15) is 0 Å². The van der Waals surface area contributed by atoms with Gasteiger partial charge in [0, 0.05) is 6.04 Å². The smallest absolute Gasteiger partial charge is 0.0136 e. The van der Waals surface area contributed by atoms with E-state index in [1.165, 1.54) is 36.5 Å². The molecule has 2 unspecified atom stereocenters. The highest BCUT2D eigenvalue weighted by Gasteiger charge is 2.26. The van der Waals surface area contributed by atoms with Gasteiger partial charge >= 0.3 is 0 Å². The molecule has 1 N–H and O–H groups in total. The highest BCUT2D eigenvalue weighted by molar-refractivity contribution is 5.86. The Balaban J connectivity index is 2.02. The van der Waals surface area contributed by atoms with Gasteiger partial charge in [-0.3, -0.25) is 0 Å². The first-order valence-corrected chi connectivity index (χ1v) is 7.61. The van der Waals surface area contributed by atoms with Crippen molar-refractivity contribution in [3.05, 3.63) is 48.0 Å². The molecule has 1 aliphatic rings. The molecule has 0 amide bonds. The second kappa shape index (κ2) is 5.75. The molecule has 0 radical (unpaired) electrons. The first-order chi connectivity index (χ1) is 9.40. The zero-order valence-corrected chi connectivity index (χ0v) is 11.7. The molecule has 1 saturated carbocycles. The summed E-state index contributed by atoms with van der Waals surface area (Å²) in [6.07, 6.45) is 5.39. The van der Waals surface area contributed by atoms with Gasteiger partial charge in [0.05, 0.1) is 0 Å². The Bertz CT molecular complexity index is 539. The molecule has 0 aromatic heterocycles. The van der Waals surface area contributed by atoms with Crippen LogP contribution in [0.5, 0.6) is 0 Å². The van der Waals surface area contributed by atoms with Gasteiger partial charge in [0.15, 0.2) is 0 Å². The monoisotopic (exact) mass is 253 g/mol. The highest BCUT2D eigenvalue weighted by atomic mass is 14.9. The minimum absolute atomic E-state index is 0.657. The molecule has 1 heteroatoms. The van der Waals surface area contributed by atoms with Gasteiger partial charge in [-0.05, 0) is 41.6 Å². The lowest BCUT2D eigenvalue weighted by Gasteiger charge is -2.33. The van der Waals surface area contributed by atoms with Crippen molar-refractivity contribution in [1.29, 1.82) is 0 Å². The van der Waals surface area contributed by atoms with Gasteiger partial charge in [-0.2, -0.15) is 0 Å². The van der Waals surface area contributed by atoms with Crippen molar-refractivity contribution in [2.45, 2.75) is 44.6 Å². The van der Waals surface area contributed by atoms with Crippen LogP contribution in [0.2, 0.25) is 0 Å². The average molecular weight is 253 g/mol. The van der Waals surface area contributed by atoms with Gasteiger partial charge in [-0.25, -0.2) is 0 Å². The summed E-state index contributed by atoms with van der Waals surface area (Å²) in [5.41, 5.74) is 1.55. The van der Waals surface area contributed by atoms with Crippen molar-refractivity contribution in [3.63, 3.8) is 0 Å². The number of likely N-dealkylation sites (N-methyl/N-ethyl adjacent to an activating group) is 1. The predicted molar refractivity (Wildman–Crippen MR) is 82.6 cm³/mol. The number of hydrogen-bond donors (Lipinski definition) is 1. The average Bonchev–Trinajstić information content (AvgIpc) is 2.48. The van der Waals surface area contributed by atoms with Crippen LogP contribution in [0.25, 0.3) is 10.8 Å². The van der Waals surface area contributed by atoms with Gasteiger partial charge < -0.3 is 5.32 Å². The summed E-state index contributed by atoms with van der Waals surface area (Å²) >= 11 is 0. The maximum atomic E-state index is 3.70. The summed E-state index contributed by atoms with van der Waals surface area (Å²) in [6, 6.07) is 16.2. The van der Waals surface area contributed by atoms with E-state index in [2.05, 4.69) is 54.7 Å². The van der Waals surface area contributed by atoms with Crippen LogP contribution in [-0.2, 0) is 0 Å². The highest BCUT2D eigenvalue weighted by Crippen LogP contribution is 2.36. The van der Waals surface area contributed by atoms with E-state index in [1.807, 2.05) is 0 Å². The van der Waals surface area contributed by atoms with Crippen molar-refractivity contribution in [2.24, 2.45) is 0 Å². The molecule has 0 bridgehead atoms. The normalized spacial score (nSPS) is 23.6. The molecule has 1 aliphatic carbocycles. The number of rotatable bonds is 3. The van der Waals surface area contributed by atoms with Crippen LogP contribution < -0.4 is 5.32 Å². The summed E-state index contributed by atoms with van der Waals surface area (Å²) in [4.78, 5) is 0. The van der Waals surface area contributed by atoms with Gasteiger partial charge in [-0.1, -0.05) is 62.2 Å². The van der Waals surface area contributed by atoms with Crippen LogP contribution in [0.3, 0.4) is 0 Å². The van der Waals surface area contributed by atoms with Crippen LogP contribution in [0.15, 0.2) is 42.5 Å². The van der Waals surface area contributed by atoms with E-state index in [1.54, 1.807) is 5.56 Å². The number of benzene rings is 2. The Morgan fingerprint density at radius 3 is 2.68 bits per heavy atom. The van der Waals surface area contributed by atoms with Crippen molar-refractivity contribution < 1.29 is 0 Å². The maximum absolute atomic E-state index is 3.70. The fraction of sp³-hybridized carbons (Fsp3) is 0.444. The Morgan fingerprint density at radius 1 is 1.00 bits per heavy atom. The molecular weight excluding hydrogens is 230 g/mol. The van der Waals surface area contributed by atoms with Gasteiger partial charge in [0.25, 0.3) is 0 Å². The molecule has 0 spiro atoms. The van der Waals surface area contributed by atoms with Crippen molar-refractivity contribution in [1.82, 2.24) is 5.32 Å². The zero-order valence-electron chi connectivity index (χ0n) is 11.7. The fourth-order valence-electron chi connectivity index (χ4n) is 3.58. The van der Waals surface area contributed by atoms with Crippen molar-refractivity contribution in [2.75, 3.05) is 6.54 Å². The van der Waals surface area contributed by atoms with Crippen LogP contribution in [0.4, 0.5) is 0 Å². The molecule has 19 heavy (non-hydrogen) atoms. The third-order valence-electron chi connectivity index (χ3n) is 4.46. The number of fused-ring (bicyclic) bond motifs is 1. The fourth-order valence-corrected chi connectivity index (χ4v) is 3.58. The third-order valence-corrected chi connectivity index (χ3v) is 4.46. The second-order valence-corrected chi connectivity index (χ2v) is 5.62. The second-order valence-electron chi connectivity index (χ2n) is 5.62. The topological polar surface area (TPSA) is 12.0 Å². The van der Waals surface area contributed by atoms with E-state index < -0.39 is 0 Å². The van der Waals surface area contributed by atoms with Crippen LogP contribution >= 0.6 is 0 Å². The van der Waals surface area contributed by atoms with Crippen molar-refractivity contribution >= 4 is 10.8 Å². The molecule has 1 nitrogen and oxygen atoms in total. The van der Waals surface area contributed by atoms with Crippen LogP contribution in [0.1, 0.15) is 44.1 Å². The minimum Gasteiger partial charge on any atom is -0.314 e. The van der Waals surface area contributed by atoms with Crippen molar-refractivity contribution in [3.8, 4) is 0 Å². The Morgan fingerprint density at radius 2 is 1.79 bits per heavy atom. The van der Waals surface area contributed by atoms with Gasteiger partial charge in [-0.15, -0.1) is 0 Å². The molecule has 1 fully saturated rings. The molecule has 2 aromatic carbocycles. The summed E-state index contributed by atoms with van der Waals surface area (Å²) in [7, 11) is 0. The Labute approximate surface area is 116 Å². The molecule has 100 valence electrons. The molecule has 0 aliphatic heterocycles. The lowest BCUT2D eigenvalue weighted by atomic mass is 9.78. The lowest BCUT2D eigenvalue weighted by Crippen LogP contribution is -2.37. The molecule has 0 saturated heterocycles. The minimum atomic E-state index is 0.657. The quantitative estimate of drug-likeness (QED) is 0.850. The van der Waals surface area contributed by atoms with E-state index in [0.29, 0.717) is 12.0 Å². The third kappa shape index (κ3) is 2.52. The Kier molecular flexibility index (Phi) is 3.84. The molecule has 2 atom stereocenters. The Hall–Kier alpha value is -1.34. The standard InChI is InChI=1S/C18H23N/c1-2-19-18-13-6-5-11-17(18)16-12-7-9-14-8-3-4-10-15(14)16/h3-4,7-10,12,17-19H,2,5-6,11,13H2,1H3. The largest absolute Gasteiger partial charge is 0.314 e. The van der Waals surface area contributed by atoms with E-state index in [-0.39, 0.29) is 0 Å². The SMILES string of the molecule is CCNC1CCCCC1c1cccc2ccccc12. The van der Waals surface area contributed by atoms with Gasteiger partial charge in [0.1, 0.15) is 0 Å². The summed E-state index contributed by atoms with van der Waals surface area (Å²) in [5, 5.41) is 6.52. The van der Waals surface area contributed by atoms with Crippen LogP contribution in [0, 0.1) is 0 Å². The molecule has 2 aromatic rings. The summed E-state index contributed by atoms with van der Waals surface area (Å²) in [6.45, 7) is 3.29. The van der Waals surface area contributed by atoms with Crippen LogP contribution in [-0.4, -0.2) is 12.6 Å². The molecule has 3 rings (SSSR count). The number of nitrogens with one attached hydrogen (secondary N) is 1. The van der Waals surface area contributed by atoms with E-state index in [4.69, 9.17) is 0 Å².